The molecule has 0 saturated carbocycles. The summed E-state index contributed by atoms with van der Waals surface area (Å²) in [6.07, 6.45) is 4.20. The fourth-order valence-electron chi connectivity index (χ4n) is 0.818. The van der Waals surface area contributed by atoms with Crippen molar-refractivity contribution in [1.29, 1.82) is 5.26 Å². The molecule has 0 spiro atoms. The van der Waals surface area contributed by atoms with E-state index >= 15 is 0 Å². The van der Waals surface area contributed by atoms with Crippen LogP contribution in [-0.4, -0.2) is 29.3 Å². The number of nitriles is 1. The zero-order chi connectivity index (χ0) is 9.23. The summed E-state index contributed by atoms with van der Waals surface area (Å²) in [6.45, 7) is 1.80. The monoisotopic (exact) mass is 188 g/mol. The molecule has 1 atom stereocenters. The van der Waals surface area contributed by atoms with Crippen molar-refractivity contribution in [3.63, 3.8) is 0 Å². The maximum absolute atomic E-state index is 10.6. The van der Waals surface area contributed by atoms with Gasteiger partial charge in [0, 0.05) is 29.2 Å². The topological polar surface area (TPSA) is 52.9 Å². The molecule has 0 aliphatic carbocycles. The minimum atomic E-state index is -0.667. The molecule has 0 aliphatic rings. The van der Waals surface area contributed by atoms with Crippen LogP contribution in [0.15, 0.2) is 0 Å². The van der Waals surface area contributed by atoms with Crippen LogP contribution in [0.4, 0.5) is 0 Å². The number of hydrogen-bond acceptors (Lipinski definition) is 3. The quantitative estimate of drug-likeness (QED) is 0.597. The molecule has 4 heteroatoms. The summed E-state index contributed by atoms with van der Waals surface area (Å²) in [6, 6.07) is 2.09. The summed E-state index contributed by atoms with van der Waals surface area (Å²) in [4.78, 5) is 0. The Kier molecular flexibility index (Phi) is 8.40. The average molecular weight is 188 g/mol. The summed E-state index contributed by atoms with van der Waals surface area (Å²) in [7, 11) is -0.667. The lowest BCUT2D eigenvalue weighted by molar-refractivity contribution is 0.642. The second kappa shape index (κ2) is 8.69. The number of nitrogens with zero attached hydrogens (tertiary/aromatic N) is 1. The first-order chi connectivity index (χ1) is 5.77. The highest BCUT2D eigenvalue weighted by Crippen LogP contribution is 1.84. The maximum Gasteiger partial charge on any atom is 0.0622 e. The Balaban J connectivity index is 2.92. The number of unbranched alkanes of at least 4 members (excludes halogenated alkanes) is 1. The molecule has 0 aliphatic heterocycles. The van der Waals surface area contributed by atoms with Gasteiger partial charge < -0.3 is 5.32 Å². The van der Waals surface area contributed by atoms with Crippen LogP contribution in [0.3, 0.4) is 0 Å². The third kappa shape index (κ3) is 9.60. The molecule has 0 saturated heterocycles. The summed E-state index contributed by atoms with van der Waals surface area (Å²) in [5.74, 6) is 0.769. The Morgan fingerprint density at radius 3 is 2.67 bits per heavy atom. The summed E-state index contributed by atoms with van der Waals surface area (Å²) >= 11 is 0. The smallest absolute Gasteiger partial charge is 0.0622 e. The minimum Gasteiger partial charge on any atom is -0.317 e. The fraction of sp³-hybridized carbons (Fsp3) is 0.875. The van der Waals surface area contributed by atoms with E-state index in [4.69, 9.17) is 5.26 Å². The lowest BCUT2D eigenvalue weighted by Gasteiger charge is -2.00. The molecule has 0 aromatic carbocycles. The Hall–Kier alpha value is -0.400. The van der Waals surface area contributed by atoms with E-state index in [9.17, 15) is 4.21 Å². The van der Waals surface area contributed by atoms with Crippen molar-refractivity contribution >= 4 is 10.8 Å². The third-order valence-electron chi connectivity index (χ3n) is 1.43. The second-order valence-corrected chi connectivity index (χ2v) is 4.20. The molecule has 0 radical (unpaired) electrons. The van der Waals surface area contributed by atoms with E-state index < -0.39 is 10.8 Å². The largest absolute Gasteiger partial charge is 0.317 e. The van der Waals surface area contributed by atoms with Crippen molar-refractivity contribution in [2.24, 2.45) is 0 Å². The predicted molar refractivity (Wildman–Crippen MR) is 51.3 cm³/mol. The van der Waals surface area contributed by atoms with Gasteiger partial charge in [0.25, 0.3) is 0 Å². The van der Waals surface area contributed by atoms with Gasteiger partial charge in [-0.25, -0.2) is 0 Å². The minimum absolute atomic E-state index is 0.618. The van der Waals surface area contributed by atoms with Crippen molar-refractivity contribution in [2.45, 2.75) is 19.3 Å². The molecule has 0 aromatic heterocycles. The lowest BCUT2D eigenvalue weighted by atomic mass is 10.3. The average Bonchev–Trinajstić information content (AvgIpc) is 2.02. The summed E-state index contributed by atoms with van der Waals surface area (Å²) in [5.41, 5.74) is 0. The standard InChI is InChI=1S/C8H16N2OS/c1-12(11)8-4-7-10-6-3-2-5-9/h10H,2-4,6-8H2,1H3. The van der Waals surface area contributed by atoms with Gasteiger partial charge in [-0.1, -0.05) is 0 Å². The van der Waals surface area contributed by atoms with Crippen LogP contribution in [-0.2, 0) is 10.8 Å². The molecular formula is C8H16N2OS. The van der Waals surface area contributed by atoms with E-state index in [0.717, 1.165) is 31.7 Å². The normalized spacial score (nSPS) is 12.3. The van der Waals surface area contributed by atoms with Crippen molar-refractivity contribution in [3.8, 4) is 6.07 Å². The molecule has 3 nitrogen and oxygen atoms in total. The Labute approximate surface area is 76.6 Å². The highest BCUT2D eigenvalue weighted by molar-refractivity contribution is 7.84. The van der Waals surface area contributed by atoms with Gasteiger partial charge in [0.15, 0.2) is 0 Å². The first-order valence-corrected chi connectivity index (χ1v) is 5.88. The van der Waals surface area contributed by atoms with Crippen molar-refractivity contribution in [3.05, 3.63) is 0 Å². The van der Waals surface area contributed by atoms with Crippen LogP contribution in [0, 0.1) is 11.3 Å². The molecule has 70 valence electrons. The SMILES string of the molecule is CS(=O)CCCNCCCC#N. The Bertz CT molecular complexity index is 165. The van der Waals surface area contributed by atoms with Crippen LogP contribution >= 0.6 is 0 Å². The van der Waals surface area contributed by atoms with Gasteiger partial charge in [-0.3, -0.25) is 4.21 Å². The number of nitrogens with one attached hydrogen (secondary N) is 1. The molecular weight excluding hydrogens is 172 g/mol. The highest BCUT2D eigenvalue weighted by Gasteiger charge is 1.91. The van der Waals surface area contributed by atoms with Crippen LogP contribution < -0.4 is 5.32 Å². The van der Waals surface area contributed by atoms with E-state index in [1.54, 1.807) is 6.26 Å². The van der Waals surface area contributed by atoms with Crippen LogP contribution in [0.25, 0.3) is 0 Å². The first-order valence-electron chi connectivity index (χ1n) is 4.15. The second-order valence-electron chi connectivity index (χ2n) is 2.64. The number of rotatable bonds is 7. The van der Waals surface area contributed by atoms with Gasteiger partial charge in [-0.15, -0.1) is 0 Å². The van der Waals surface area contributed by atoms with Gasteiger partial charge >= 0.3 is 0 Å². The molecule has 1 unspecified atom stereocenters. The summed E-state index contributed by atoms with van der Waals surface area (Å²) in [5, 5.41) is 11.4. The fourth-order valence-corrected chi connectivity index (χ4v) is 1.37. The summed E-state index contributed by atoms with van der Waals surface area (Å²) < 4.78 is 10.6. The van der Waals surface area contributed by atoms with Gasteiger partial charge in [-0.2, -0.15) is 5.26 Å². The lowest BCUT2D eigenvalue weighted by Crippen LogP contribution is -2.18. The van der Waals surface area contributed by atoms with E-state index in [-0.39, 0.29) is 0 Å². The van der Waals surface area contributed by atoms with Gasteiger partial charge in [0.1, 0.15) is 0 Å². The molecule has 0 aromatic rings. The van der Waals surface area contributed by atoms with Gasteiger partial charge in [-0.05, 0) is 25.9 Å². The van der Waals surface area contributed by atoms with E-state index in [1.165, 1.54) is 0 Å². The molecule has 12 heavy (non-hydrogen) atoms. The molecule has 0 fully saturated rings. The van der Waals surface area contributed by atoms with Crippen molar-refractivity contribution in [2.75, 3.05) is 25.1 Å². The first kappa shape index (κ1) is 11.6. The zero-order valence-corrected chi connectivity index (χ0v) is 8.32. The third-order valence-corrected chi connectivity index (χ3v) is 2.29. The Morgan fingerprint density at radius 2 is 2.08 bits per heavy atom. The molecule has 0 heterocycles. The van der Waals surface area contributed by atoms with Crippen LogP contribution in [0.1, 0.15) is 19.3 Å². The van der Waals surface area contributed by atoms with Gasteiger partial charge in [0.2, 0.25) is 0 Å². The highest BCUT2D eigenvalue weighted by atomic mass is 32.2. The van der Waals surface area contributed by atoms with Crippen molar-refractivity contribution in [1.82, 2.24) is 5.32 Å². The van der Waals surface area contributed by atoms with Gasteiger partial charge in [0.05, 0.1) is 6.07 Å². The van der Waals surface area contributed by atoms with Crippen LogP contribution in [0.5, 0.6) is 0 Å². The zero-order valence-electron chi connectivity index (χ0n) is 7.51. The van der Waals surface area contributed by atoms with E-state index in [2.05, 4.69) is 11.4 Å². The molecule has 0 bridgehead atoms. The molecule has 0 rings (SSSR count). The molecule has 0 amide bonds. The molecule has 1 N–H and O–H groups in total. The number of hydrogen-bond donors (Lipinski definition) is 1. The predicted octanol–water partition coefficient (Wildman–Crippen LogP) is 0.648. The van der Waals surface area contributed by atoms with Crippen LogP contribution in [0.2, 0.25) is 0 Å². The van der Waals surface area contributed by atoms with Crippen molar-refractivity contribution < 1.29 is 4.21 Å². The maximum atomic E-state index is 10.6. The van der Waals surface area contributed by atoms with E-state index in [1.807, 2.05) is 0 Å². The van der Waals surface area contributed by atoms with E-state index in [0.29, 0.717) is 6.42 Å². The Morgan fingerprint density at radius 1 is 1.42 bits per heavy atom.